The van der Waals surface area contributed by atoms with Crippen molar-refractivity contribution in [3.63, 3.8) is 0 Å². The summed E-state index contributed by atoms with van der Waals surface area (Å²) in [5, 5.41) is 8.27. The number of likely N-dealkylation sites (N-methyl/N-ethyl adjacent to an activating group) is 1. The van der Waals surface area contributed by atoms with Gasteiger partial charge >= 0.3 is 0 Å². The van der Waals surface area contributed by atoms with Gasteiger partial charge in [0.15, 0.2) is 5.11 Å². The smallest absolute Gasteiger partial charge is 0.272 e. The summed E-state index contributed by atoms with van der Waals surface area (Å²) in [5.41, 5.74) is 3.77. The van der Waals surface area contributed by atoms with Gasteiger partial charge in [0.1, 0.15) is 0 Å². The van der Waals surface area contributed by atoms with Gasteiger partial charge in [-0.25, -0.2) is 4.99 Å². The molecule has 1 aliphatic heterocycles. The van der Waals surface area contributed by atoms with Crippen LogP contribution in [0.15, 0.2) is 71.7 Å². The molecule has 1 unspecified atom stereocenters. The Morgan fingerprint density at radius 2 is 1.71 bits per heavy atom. The topological polar surface area (TPSA) is 56.7 Å². The summed E-state index contributed by atoms with van der Waals surface area (Å²) < 4.78 is 0. The van der Waals surface area contributed by atoms with E-state index in [0.717, 1.165) is 12.0 Å². The lowest BCUT2D eigenvalue weighted by Crippen LogP contribution is -2.49. The number of nitrogens with one attached hydrogen (secondary N) is 2. The monoisotopic (exact) mass is 530 g/mol. The number of carbonyl (C=O) groups is 1. The van der Waals surface area contributed by atoms with Crippen molar-refractivity contribution in [2.24, 2.45) is 4.99 Å². The maximum absolute atomic E-state index is 13.3. The SMILES string of the molecule is CN1C(=O)C(NC(=S)NCCc2ccc(Cl)cc2)N=C(c2ccccc2Cl)c2cc(Cl)ccc21. The molecule has 3 aromatic rings. The molecule has 0 spiro atoms. The zero-order valence-electron chi connectivity index (χ0n) is 18.2. The Labute approximate surface area is 218 Å². The van der Waals surface area contributed by atoms with Crippen LogP contribution in [-0.2, 0) is 11.2 Å². The summed E-state index contributed by atoms with van der Waals surface area (Å²) in [6.07, 6.45) is -0.201. The minimum Gasteiger partial charge on any atom is -0.362 e. The maximum Gasteiger partial charge on any atom is 0.272 e. The van der Waals surface area contributed by atoms with E-state index in [1.54, 1.807) is 36.2 Å². The Morgan fingerprint density at radius 3 is 2.44 bits per heavy atom. The number of rotatable bonds is 5. The van der Waals surface area contributed by atoms with E-state index in [0.29, 0.717) is 49.3 Å². The molecule has 3 aromatic carbocycles. The first-order chi connectivity index (χ1) is 16.3. The number of anilines is 1. The van der Waals surface area contributed by atoms with Crippen LogP contribution < -0.4 is 15.5 Å². The molecule has 0 radical (unpaired) electrons. The molecular formula is C25H21Cl3N4OS. The number of thiocarbonyl (C=S) groups is 1. The Balaban J connectivity index is 1.59. The van der Waals surface area contributed by atoms with Crippen LogP contribution in [0, 0.1) is 0 Å². The van der Waals surface area contributed by atoms with E-state index in [9.17, 15) is 4.79 Å². The van der Waals surface area contributed by atoms with Crippen molar-refractivity contribution in [2.75, 3.05) is 18.5 Å². The third-order valence-corrected chi connectivity index (χ3v) is 6.49. The summed E-state index contributed by atoms with van der Waals surface area (Å²) >= 11 is 24.2. The van der Waals surface area contributed by atoms with Crippen molar-refractivity contribution in [1.29, 1.82) is 0 Å². The van der Waals surface area contributed by atoms with Crippen LogP contribution in [0.1, 0.15) is 16.7 Å². The normalized spacial score (nSPS) is 15.3. The van der Waals surface area contributed by atoms with Gasteiger partial charge in [0.25, 0.3) is 5.91 Å². The average molecular weight is 532 g/mol. The summed E-state index contributed by atoms with van der Waals surface area (Å²) in [4.78, 5) is 19.6. The summed E-state index contributed by atoms with van der Waals surface area (Å²) in [6.45, 7) is 0.584. The maximum atomic E-state index is 13.3. The standard InChI is InChI=1S/C25H21Cl3N4OS/c1-32-21-11-10-17(27)14-19(21)22(18-4-2-3-5-20(18)28)30-23(24(32)33)31-25(34)29-13-12-15-6-8-16(26)9-7-15/h2-11,14,23H,12-13H2,1H3,(H2,29,31,34). The zero-order chi connectivity index (χ0) is 24.2. The highest BCUT2D eigenvalue weighted by atomic mass is 35.5. The van der Waals surface area contributed by atoms with Crippen LogP contribution in [0.25, 0.3) is 0 Å². The van der Waals surface area contributed by atoms with Gasteiger partial charge in [0.05, 0.1) is 11.4 Å². The lowest BCUT2D eigenvalue weighted by Gasteiger charge is -2.22. The van der Waals surface area contributed by atoms with E-state index in [2.05, 4.69) is 10.6 Å². The number of nitrogens with zero attached hydrogens (tertiary/aromatic N) is 2. The number of hydrogen-bond donors (Lipinski definition) is 2. The van der Waals surface area contributed by atoms with Crippen molar-refractivity contribution in [3.05, 3.63) is 98.5 Å². The molecule has 34 heavy (non-hydrogen) atoms. The Bertz CT molecular complexity index is 1260. The molecule has 4 rings (SSSR count). The van der Waals surface area contributed by atoms with E-state index >= 15 is 0 Å². The number of benzodiazepines with no additional fused rings is 1. The minimum atomic E-state index is -0.946. The number of carbonyl (C=O) groups excluding carboxylic acids is 1. The van der Waals surface area contributed by atoms with Crippen LogP contribution in [0.4, 0.5) is 5.69 Å². The van der Waals surface area contributed by atoms with Crippen LogP contribution in [-0.4, -0.2) is 36.5 Å². The number of hydrogen-bond acceptors (Lipinski definition) is 3. The molecule has 2 N–H and O–H groups in total. The summed E-state index contributed by atoms with van der Waals surface area (Å²) in [6, 6.07) is 20.3. The van der Waals surface area contributed by atoms with Gasteiger partial charge in [-0.05, 0) is 60.6 Å². The molecular weight excluding hydrogens is 511 g/mol. The highest BCUT2D eigenvalue weighted by molar-refractivity contribution is 7.80. The van der Waals surface area contributed by atoms with Gasteiger partial charge in [0.2, 0.25) is 6.17 Å². The van der Waals surface area contributed by atoms with Crippen LogP contribution >= 0.6 is 47.0 Å². The molecule has 174 valence electrons. The average Bonchev–Trinajstić information content (AvgIpc) is 2.91. The molecule has 0 bridgehead atoms. The third-order valence-electron chi connectivity index (χ3n) is 5.41. The molecule has 0 saturated carbocycles. The Morgan fingerprint density at radius 1 is 1.00 bits per heavy atom. The van der Waals surface area contributed by atoms with E-state index < -0.39 is 6.17 Å². The van der Waals surface area contributed by atoms with Crippen molar-refractivity contribution < 1.29 is 4.79 Å². The molecule has 0 aromatic heterocycles. The second-order valence-electron chi connectivity index (χ2n) is 7.70. The molecule has 1 amide bonds. The number of aliphatic imine (C=N–C) groups is 1. The van der Waals surface area contributed by atoms with E-state index in [-0.39, 0.29) is 5.91 Å². The van der Waals surface area contributed by atoms with Gasteiger partial charge in [0, 0.05) is 39.8 Å². The fraction of sp³-hybridized carbons (Fsp3) is 0.160. The van der Waals surface area contributed by atoms with Gasteiger partial charge in [-0.2, -0.15) is 0 Å². The van der Waals surface area contributed by atoms with Crippen molar-refractivity contribution in [2.45, 2.75) is 12.6 Å². The van der Waals surface area contributed by atoms with Crippen molar-refractivity contribution in [3.8, 4) is 0 Å². The Hall–Kier alpha value is -2.64. The fourth-order valence-corrected chi connectivity index (χ4v) is 4.39. The van der Waals surface area contributed by atoms with Crippen molar-refractivity contribution >= 4 is 69.4 Å². The fourth-order valence-electron chi connectivity index (χ4n) is 3.65. The van der Waals surface area contributed by atoms with Crippen LogP contribution in [0.5, 0.6) is 0 Å². The molecule has 0 fully saturated rings. The minimum absolute atomic E-state index is 0.257. The highest BCUT2D eigenvalue weighted by Gasteiger charge is 2.31. The second-order valence-corrected chi connectivity index (χ2v) is 9.38. The van der Waals surface area contributed by atoms with Crippen LogP contribution in [0.2, 0.25) is 15.1 Å². The van der Waals surface area contributed by atoms with Gasteiger partial charge in [-0.3, -0.25) is 4.79 Å². The van der Waals surface area contributed by atoms with Gasteiger partial charge in [-0.15, -0.1) is 0 Å². The molecule has 1 heterocycles. The zero-order valence-corrected chi connectivity index (χ0v) is 21.3. The van der Waals surface area contributed by atoms with E-state index in [1.807, 2.05) is 42.5 Å². The van der Waals surface area contributed by atoms with Gasteiger partial charge in [-0.1, -0.05) is 65.1 Å². The lowest BCUT2D eigenvalue weighted by molar-refractivity contribution is -0.119. The number of halogens is 3. The first kappa shape index (κ1) is 24.5. The lowest BCUT2D eigenvalue weighted by atomic mass is 10.00. The predicted octanol–water partition coefficient (Wildman–Crippen LogP) is 5.49. The second kappa shape index (κ2) is 10.7. The summed E-state index contributed by atoms with van der Waals surface area (Å²) in [5.74, 6) is -0.257. The molecule has 9 heteroatoms. The first-order valence-corrected chi connectivity index (χ1v) is 12.1. The Kier molecular flexibility index (Phi) is 7.73. The molecule has 1 atom stereocenters. The molecule has 0 aliphatic carbocycles. The summed E-state index contributed by atoms with van der Waals surface area (Å²) in [7, 11) is 1.70. The van der Waals surface area contributed by atoms with Crippen molar-refractivity contribution in [1.82, 2.24) is 10.6 Å². The third kappa shape index (κ3) is 5.53. The molecule has 1 aliphatic rings. The number of amides is 1. The quantitative estimate of drug-likeness (QED) is 0.427. The van der Waals surface area contributed by atoms with E-state index in [4.69, 9.17) is 52.0 Å². The highest BCUT2D eigenvalue weighted by Crippen LogP contribution is 2.31. The predicted molar refractivity (Wildman–Crippen MR) is 145 cm³/mol. The first-order valence-electron chi connectivity index (χ1n) is 10.5. The largest absolute Gasteiger partial charge is 0.362 e. The van der Waals surface area contributed by atoms with Gasteiger partial charge < -0.3 is 15.5 Å². The van der Waals surface area contributed by atoms with E-state index in [1.165, 1.54) is 0 Å². The number of fused-ring (bicyclic) bond motifs is 1. The molecule has 0 saturated heterocycles. The number of benzene rings is 3. The molecule has 5 nitrogen and oxygen atoms in total. The van der Waals surface area contributed by atoms with Crippen LogP contribution in [0.3, 0.4) is 0 Å².